The van der Waals surface area contributed by atoms with Crippen molar-refractivity contribution in [3.63, 3.8) is 0 Å². The summed E-state index contributed by atoms with van der Waals surface area (Å²) in [6.07, 6.45) is -0.397. The van der Waals surface area contributed by atoms with Crippen molar-refractivity contribution in [2.75, 3.05) is 19.8 Å². The topological polar surface area (TPSA) is 21.8 Å². The van der Waals surface area contributed by atoms with Crippen molar-refractivity contribution < 1.29 is 35.8 Å². The zero-order valence-electron chi connectivity index (χ0n) is 8.28. The lowest BCUT2D eigenvalue weighted by atomic mass is 10.1. The number of epoxide rings is 1. The maximum atomic E-state index is 12.8. The average molecular weight is 252 g/mol. The first-order chi connectivity index (χ1) is 7.08. The molecule has 0 aromatic carbocycles. The maximum Gasteiger partial charge on any atom is 0.373 e. The molecule has 1 fully saturated rings. The van der Waals surface area contributed by atoms with Crippen LogP contribution < -0.4 is 0 Å². The summed E-state index contributed by atoms with van der Waals surface area (Å²) in [5, 5.41) is 0. The number of halogens is 6. The van der Waals surface area contributed by atoms with Gasteiger partial charge in [0.25, 0.3) is 0 Å². The van der Waals surface area contributed by atoms with Crippen LogP contribution in [0.1, 0.15) is 6.92 Å². The first-order valence-corrected chi connectivity index (χ1v) is 4.41. The molecule has 1 heterocycles. The molecular weight excluding hydrogens is 242 g/mol. The minimum Gasteiger partial charge on any atom is -0.372 e. The van der Waals surface area contributed by atoms with Crippen molar-refractivity contribution in [3.8, 4) is 0 Å². The Balaban J connectivity index is 2.52. The third kappa shape index (κ3) is 2.79. The summed E-state index contributed by atoms with van der Waals surface area (Å²) >= 11 is 0. The molecule has 0 aromatic heterocycles. The average Bonchev–Trinajstić information content (AvgIpc) is 2.85. The van der Waals surface area contributed by atoms with Crippen molar-refractivity contribution >= 4 is 0 Å². The summed E-state index contributed by atoms with van der Waals surface area (Å²) in [6, 6.07) is 0. The van der Waals surface area contributed by atoms with E-state index in [1.165, 1.54) is 0 Å². The minimum absolute atomic E-state index is 0.259. The number of alkyl halides is 6. The molecule has 0 N–H and O–H groups in total. The fraction of sp³-hybridized carbons (Fsp3) is 1.00. The minimum atomic E-state index is -5.44. The van der Waals surface area contributed by atoms with Crippen LogP contribution in [0.15, 0.2) is 0 Å². The SMILES string of the molecule is CC(F)(F)C(F)(F)C(F)(F)COCC1CO1. The second-order valence-corrected chi connectivity index (χ2v) is 3.64. The highest BCUT2D eigenvalue weighted by Crippen LogP contribution is 2.45. The number of ether oxygens (including phenoxy) is 2. The molecule has 0 saturated carbocycles. The van der Waals surface area contributed by atoms with Gasteiger partial charge < -0.3 is 9.47 Å². The Hall–Kier alpha value is -0.500. The van der Waals surface area contributed by atoms with E-state index >= 15 is 0 Å². The third-order valence-corrected chi connectivity index (χ3v) is 2.00. The molecule has 0 amide bonds. The standard InChI is InChI=1S/C8H10F6O2/c1-6(9,10)8(13,14)7(11,12)4-15-2-5-3-16-5/h5H,2-4H2,1H3. The molecule has 8 heteroatoms. The van der Waals surface area contributed by atoms with Gasteiger partial charge in [-0.05, 0) is 0 Å². The van der Waals surface area contributed by atoms with Gasteiger partial charge in [0.2, 0.25) is 0 Å². The van der Waals surface area contributed by atoms with Gasteiger partial charge in [0.15, 0.2) is 0 Å². The van der Waals surface area contributed by atoms with E-state index in [2.05, 4.69) is 9.47 Å². The van der Waals surface area contributed by atoms with Crippen LogP contribution in [0.4, 0.5) is 26.3 Å². The molecule has 16 heavy (non-hydrogen) atoms. The Labute approximate surface area is 87.5 Å². The Morgan fingerprint density at radius 2 is 1.69 bits per heavy atom. The number of hydrogen-bond acceptors (Lipinski definition) is 2. The van der Waals surface area contributed by atoms with E-state index in [9.17, 15) is 26.3 Å². The fourth-order valence-corrected chi connectivity index (χ4v) is 0.895. The highest BCUT2D eigenvalue weighted by atomic mass is 19.3. The molecule has 0 spiro atoms. The smallest absolute Gasteiger partial charge is 0.372 e. The van der Waals surface area contributed by atoms with Gasteiger partial charge in [-0.15, -0.1) is 0 Å². The van der Waals surface area contributed by atoms with Gasteiger partial charge in [-0.1, -0.05) is 0 Å². The molecule has 1 unspecified atom stereocenters. The van der Waals surface area contributed by atoms with E-state index in [0.717, 1.165) is 0 Å². The van der Waals surface area contributed by atoms with Crippen LogP contribution >= 0.6 is 0 Å². The fourth-order valence-electron chi connectivity index (χ4n) is 0.895. The first-order valence-electron chi connectivity index (χ1n) is 4.41. The molecule has 0 aliphatic carbocycles. The van der Waals surface area contributed by atoms with Crippen molar-refractivity contribution in [3.05, 3.63) is 0 Å². The molecule has 0 radical (unpaired) electrons. The van der Waals surface area contributed by atoms with Crippen molar-refractivity contribution in [1.29, 1.82) is 0 Å². The molecule has 1 saturated heterocycles. The maximum absolute atomic E-state index is 12.8. The summed E-state index contributed by atoms with van der Waals surface area (Å²) in [5.74, 6) is -15.2. The lowest BCUT2D eigenvalue weighted by Crippen LogP contribution is -2.54. The Bertz CT molecular complexity index is 245. The van der Waals surface area contributed by atoms with E-state index in [0.29, 0.717) is 6.61 Å². The molecule has 1 atom stereocenters. The Morgan fingerprint density at radius 3 is 2.06 bits per heavy atom. The van der Waals surface area contributed by atoms with E-state index in [1.54, 1.807) is 0 Å². The van der Waals surface area contributed by atoms with Crippen LogP contribution in [0.25, 0.3) is 0 Å². The summed E-state index contributed by atoms with van der Waals surface area (Å²) in [4.78, 5) is 0. The van der Waals surface area contributed by atoms with Gasteiger partial charge >= 0.3 is 17.8 Å². The van der Waals surface area contributed by atoms with Gasteiger partial charge in [-0.3, -0.25) is 0 Å². The van der Waals surface area contributed by atoms with E-state index in [-0.39, 0.29) is 13.5 Å². The van der Waals surface area contributed by atoms with Gasteiger partial charge in [0.1, 0.15) is 12.7 Å². The highest BCUT2D eigenvalue weighted by Gasteiger charge is 2.69. The third-order valence-electron chi connectivity index (χ3n) is 2.00. The van der Waals surface area contributed by atoms with Crippen LogP contribution in [0.3, 0.4) is 0 Å². The van der Waals surface area contributed by atoms with Crippen molar-refractivity contribution in [2.24, 2.45) is 0 Å². The van der Waals surface area contributed by atoms with E-state index in [4.69, 9.17) is 0 Å². The summed E-state index contributed by atoms with van der Waals surface area (Å²) in [7, 11) is 0. The van der Waals surface area contributed by atoms with Gasteiger partial charge in [0, 0.05) is 6.92 Å². The van der Waals surface area contributed by atoms with Crippen LogP contribution in [0, 0.1) is 0 Å². The molecule has 1 aliphatic rings. The molecular formula is C8H10F6O2. The lowest BCUT2D eigenvalue weighted by Gasteiger charge is -2.30. The highest BCUT2D eigenvalue weighted by molar-refractivity contribution is 4.93. The van der Waals surface area contributed by atoms with E-state index < -0.39 is 30.5 Å². The molecule has 96 valence electrons. The van der Waals surface area contributed by atoms with Gasteiger partial charge in [-0.25, -0.2) is 0 Å². The molecule has 0 aromatic rings. The van der Waals surface area contributed by atoms with Crippen LogP contribution in [0.2, 0.25) is 0 Å². The number of hydrogen-bond donors (Lipinski definition) is 0. The molecule has 1 aliphatic heterocycles. The Morgan fingerprint density at radius 1 is 1.19 bits per heavy atom. The van der Waals surface area contributed by atoms with Crippen molar-refractivity contribution in [2.45, 2.75) is 30.8 Å². The second-order valence-electron chi connectivity index (χ2n) is 3.64. The summed E-state index contributed by atoms with van der Waals surface area (Å²) in [6.45, 7) is -2.03. The lowest BCUT2D eigenvalue weighted by molar-refractivity contribution is -0.313. The van der Waals surface area contributed by atoms with Gasteiger partial charge in [-0.2, -0.15) is 26.3 Å². The quantitative estimate of drug-likeness (QED) is 0.534. The second kappa shape index (κ2) is 4.06. The zero-order valence-corrected chi connectivity index (χ0v) is 8.28. The van der Waals surface area contributed by atoms with Gasteiger partial charge in [0.05, 0.1) is 13.2 Å². The normalized spacial score (nSPS) is 22.3. The predicted octanol–water partition coefficient (Wildman–Crippen LogP) is 2.33. The monoisotopic (exact) mass is 252 g/mol. The Kier molecular flexibility index (Phi) is 3.45. The summed E-state index contributed by atoms with van der Waals surface area (Å²) < 4.78 is 84.2. The van der Waals surface area contributed by atoms with Crippen molar-refractivity contribution in [1.82, 2.24) is 0 Å². The zero-order chi connectivity index (χ0) is 12.6. The van der Waals surface area contributed by atoms with Crippen LogP contribution in [0.5, 0.6) is 0 Å². The molecule has 2 nitrogen and oxygen atoms in total. The molecule has 1 rings (SSSR count). The largest absolute Gasteiger partial charge is 0.373 e. The number of rotatable bonds is 6. The van der Waals surface area contributed by atoms with E-state index in [1.807, 2.05) is 0 Å². The first kappa shape index (κ1) is 13.6. The van der Waals surface area contributed by atoms with Crippen LogP contribution in [-0.2, 0) is 9.47 Å². The van der Waals surface area contributed by atoms with Crippen LogP contribution in [-0.4, -0.2) is 43.7 Å². The molecule has 0 bridgehead atoms. The predicted molar refractivity (Wildman–Crippen MR) is 41.1 cm³/mol. The summed E-state index contributed by atoms with van der Waals surface area (Å²) in [5.41, 5.74) is 0.